The Morgan fingerprint density at radius 1 is 0.786 bits per heavy atom. The molecule has 0 amide bonds. The Morgan fingerprint density at radius 2 is 1.39 bits per heavy atom. The highest BCUT2D eigenvalue weighted by Gasteiger charge is 2.29. The summed E-state index contributed by atoms with van der Waals surface area (Å²) < 4.78 is 16.8. The van der Waals surface area contributed by atoms with Crippen molar-refractivity contribution in [1.82, 2.24) is 0 Å². The van der Waals surface area contributed by atoms with E-state index in [-0.39, 0.29) is 6.23 Å². The Morgan fingerprint density at radius 3 is 1.93 bits per heavy atom. The summed E-state index contributed by atoms with van der Waals surface area (Å²) in [6.45, 7) is 8.42. The maximum Gasteiger partial charge on any atom is 0.160 e. The van der Waals surface area contributed by atoms with Crippen LogP contribution in [0.3, 0.4) is 0 Å². The summed E-state index contributed by atoms with van der Waals surface area (Å²) >= 11 is 0. The van der Waals surface area contributed by atoms with Gasteiger partial charge < -0.3 is 19.1 Å². The van der Waals surface area contributed by atoms with Crippen molar-refractivity contribution in [2.75, 3.05) is 26.2 Å². The lowest BCUT2D eigenvalue weighted by Crippen LogP contribution is -2.37. The fraction of sp³-hybridized carbons (Fsp3) is 0.333. The number of hydrogen-bond donors (Lipinski definition) is 0. The van der Waals surface area contributed by atoms with E-state index in [1.165, 1.54) is 16.7 Å². The lowest BCUT2D eigenvalue weighted by Gasteiger charge is -2.37. The van der Waals surface area contributed by atoms with Crippen LogP contribution in [0.5, 0.6) is 11.5 Å². The molecular formula is C24H29NO3. The molecule has 0 saturated carbocycles. The number of benzene rings is 2. The fourth-order valence-corrected chi connectivity index (χ4v) is 3.78. The predicted octanol–water partition coefficient (Wildman–Crippen LogP) is 5.49. The first-order chi connectivity index (χ1) is 13.4. The normalized spacial score (nSPS) is 16.9. The highest BCUT2D eigenvalue weighted by molar-refractivity contribution is 5.81. The summed E-state index contributed by atoms with van der Waals surface area (Å²) in [5, 5.41) is 0. The Balaban J connectivity index is 2.10. The Labute approximate surface area is 168 Å². The van der Waals surface area contributed by atoms with Gasteiger partial charge in [0.2, 0.25) is 0 Å². The van der Waals surface area contributed by atoms with Gasteiger partial charge in [-0.15, -0.1) is 0 Å². The smallest absolute Gasteiger partial charge is 0.160 e. The zero-order chi connectivity index (χ0) is 20.4. The van der Waals surface area contributed by atoms with Crippen molar-refractivity contribution in [2.24, 2.45) is 0 Å². The van der Waals surface area contributed by atoms with E-state index in [9.17, 15) is 0 Å². The van der Waals surface area contributed by atoms with Crippen LogP contribution in [0.4, 0.5) is 5.69 Å². The molecule has 0 spiro atoms. The third-order valence-corrected chi connectivity index (χ3v) is 5.43. The van der Waals surface area contributed by atoms with Gasteiger partial charge in [-0.05, 0) is 85.9 Å². The summed E-state index contributed by atoms with van der Waals surface area (Å²) in [5.74, 6) is 1.77. The summed E-state index contributed by atoms with van der Waals surface area (Å²) in [7, 11) is 5.15. The molecule has 0 aliphatic carbocycles. The van der Waals surface area contributed by atoms with Crippen LogP contribution in [0.25, 0.3) is 5.57 Å². The van der Waals surface area contributed by atoms with Gasteiger partial charge in [0.1, 0.15) is 11.5 Å². The van der Waals surface area contributed by atoms with E-state index < -0.39 is 0 Å². The van der Waals surface area contributed by atoms with E-state index in [1.54, 1.807) is 21.3 Å². The number of hydrogen-bond acceptors (Lipinski definition) is 4. The fourth-order valence-electron chi connectivity index (χ4n) is 3.78. The number of anilines is 1. The van der Waals surface area contributed by atoms with E-state index in [2.05, 4.69) is 63.1 Å². The number of rotatable bonds is 5. The van der Waals surface area contributed by atoms with Crippen LogP contribution in [-0.4, -0.2) is 27.6 Å². The molecule has 1 aliphatic heterocycles. The van der Waals surface area contributed by atoms with Crippen molar-refractivity contribution in [2.45, 2.75) is 33.9 Å². The van der Waals surface area contributed by atoms with Crippen LogP contribution in [0.2, 0.25) is 0 Å². The number of methoxy groups -OCH3 is 3. The van der Waals surface area contributed by atoms with E-state index in [1.807, 2.05) is 12.1 Å². The van der Waals surface area contributed by atoms with Gasteiger partial charge in [0.15, 0.2) is 6.23 Å². The maximum absolute atomic E-state index is 6.00. The molecule has 1 unspecified atom stereocenters. The van der Waals surface area contributed by atoms with Crippen LogP contribution >= 0.6 is 0 Å². The second-order valence-electron chi connectivity index (χ2n) is 7.18. The molecule has 2 aromatic rings. The topological polar surface area (TPSA) is 30.9 Å². The number of nitrogens with zero attached hydrogens (tertiary/aromatic N) is 1. The van der Waals surface area contributed by atoms with Gasteiger partial charge in [-0.3, -0.25) is 0 Å². The molecule has 4 nitrogen and oxygen atoms in total. The van der Waals surface area contributed by atoms with E-state index in [0.717, 1.165) is 33.9 Å². The molecule has 0 fully saturated rings. The molecule has 3 rings (SSSR count). The average molecular weight is 380 g/mol. The lowest BCUT2D eigenvalue weighted by molar-refractivity contribution is 0.150. The van der Waals surface area contributed by atoms with E-state index >= 15 is 0 Å². The summed E-state index contributed by atoms with van der Waals surface area (Å²) in [6.07, 6.45) is 1.94. The molecule has 1 aliphatic rings. The monoisotopic (exact) mass is 379 g/mol. The van der Waals surface area contributed by atoms with E-state index in [4.69, 9.17) is 14.2 Å². The molecule has 0 N–H and O–H groups in total. The second-order valence-corrected chi connectivity index (χ2v) is 7.18. The molecule has 2 aromatic carbocycles. The van der Waals surface area contributed by atoms with Gasteiger partial charge in [0.25, 0.3) is 0 Å². The first-order valence-corrected chi connectivity index (χ1v) is 9.41. The Bertz CT molecular complexity index is 943. The van der Waals surface area contributed by atoms with Crippen LogP contribution < -0.4 is 14.4 Å². The van der Waals surface area contributed by atoms with Crippen LogP contribution in [-0.2, 0) is 4.74 Å². The van der Waals surface area contributed by atoms with Crippen molar-refractivity contribution in [3.05, 3.63) is 70.4 Å². The highest BCUT2D eigenvalue weighted by Crippen LogP contribution is 2.39. The molecular weight excluding hydrogens is 350 g/mol. The lowest BCUT2D eigenvalue weighted by atomic mass is 9.91. The molecule has 4 heteroatoms. The molecule has 148 valence electrons. The molecule has 28 heavy (non-hydrogen) atoms. The van der Waals surface area contributed by atoms with Crippen molar-refractivity contribution in [1.29, 1.82) is 0 Å². The molecule has 1 heterocycles. The zero-order valence-corrected chi connectivity index (χ0v) is 17.8. The predicted molar refractivity (Wildman–Crippen MR) is 115 cm³/mol. The van der Waals surface area contributed by atoms with Gasteiger partial charge in [-0.1, -0.05) is 6.07 Å². The summed E-state index contributed by atoms with van der Waals surface area (Å²) in [4.78, 5) is 2.18. The van der Waals surface area contributed by atoms with Crippen molar-refractivity contribution in [3.63, 3.8) is 0 Å². The minimum atomic E-state index is -0.218. The minimum absolute atomic E-state index is 0.218. The first-order valence-electron chi connectivity index (χ1n) is 9.41. The minimum Gasteiger partial charge on any atom is -0.496 e. The molecule has 0 bridgehead atoms. The van der Waals surface area contributed by atoms with Crippen LogP contribution in [0.1, 0.15) is 30.5 Å². The molecule has 0 radical (unpaired) electrons. The molecule has 1 atom stereocenters. The SMILES string of the molecule is COc1ccc(C2=C(C)C(C)=CN(c3ccc(OC)c(C)c3)C2OC)cc1C. The number of allylic oxidation sites excluding steroid dienone is 2. The van der Waals surface area contributed by atoms with Gasteiger partial charge in [0, 0.05) is 24.6 Å². The van der Waals surface area contributed by atoms with Crippen molar-refractivity contribution in [3.8, 4) is 11.5 Å². The highest BCUT2D eigenvalue weighted by atomic mass is 16.5. The van der Waals surface area contributed by atoms with Gasteiger partial charge in [0.05, 0.1) is 14.2 Å². The zero-order valence-electron chi connectivity index (χ0n) is 17.8. The van der Waals surface area contributed by atoms with Crippen molar-refractivity contribution >= 4 is 11.3 Å². The standard InChI is InChI=1S/C24H29NO3/c1-15-12-19(8-10-21(15)26-5)23-18(4)17(3)14-25(24(23)28-7)20-9-11-22(27-6)16(2)13-20/h8-14,24H,1-7H3. The summed E-state index contributed by atoms with van der Waals surface area (Å²) in [6, 6.07) is 12.5. The van der Waals surface area contributed by atoms with Gasteiger partial charge in [-0.2, -0.15) is 0 Å². The van der Waals surface area contributed by atoms with Crippen molar-refractivity contribution < 1.29 is 14.2 Å². The third kappa shape index (κ3) is 3.52. The Hall–Kier alpha value is -2.72. The number of aryl methyl sites for hydroxylation is 2. The third-order valence-electron chi connectivity index (χ3n) is 5.43. The quantitative estimate of drug-likeness (QED) is 0.687. The molecule has 0 aromatic heterocycles. The van der Waals surface area contributed by atoms with Crippen LogP contribution in [0, 0.1) is 13.8 Å². The Kier molecular flexibility index (Phi) is 5.80. The van der Waals surface area contributed by atoms with E-state index in [0.29, 0.717) is 0 Å². The number of ether oxygens (including phenoxy) is 3. The van der Waals surface area contributed by atoms with Crippen LogP contribution in [0.15, 0.2) is 53.7 Å². The van der Waals surface area contributed by atoms with Gasteiger partial charge >= 0.3 is 0 Å². The molecule has 0 saturated heterocycles. The summed E-state index contributed by atoms with van der Waals surface area (Å²) in [5.41, 5.74) is 8.03. The maximum atomic E-state index is 6.00. The first kappa shape index (κ1) is 20.0. The van der Waals surface area contributed by atoms with Gasteiger partial charge in [-0.25, -0.2) is 0 Å². The average Bonchev–Trinajstić information content (AvgIpc) is 2.69. The largest absolute Gasteiger partial charge is 0.496 e. The second kappa shape index (κ2) is 8.11.